The largest absolute Gasteiger partial charge is 0.480 e. The van der Waals surface area contributed by atoms with Crippen molar-refractivity contribution in [3.8, 4) is 0 Å². The average molecular weight is 254 g/mol. The maximum absolute atomic E-state index is 10.8. The van der Waals surface area contributed by atoms with E-state index in [1.807, 2.05) is 0 Å². The van der Waals surface area contributed by atoms with Crippen LogP contribution in [0.25, 0.3) is 0 Å². The highest BCUT2D eigenvalue weighted by Crippen LogP contribution is 2.19. The van der Waals surface area contributed by atoms with Crippen LogP contribution in [0, 0.1) is 5.92 Å². The Balaban J connectivity index is 1.75. The zero-order valence-corrected chi connectivity index (χ0v) is 11.3. The highest BCUT2D eigenvalue weighted by atomic mass is 16.4. The Labute approximate surface area is 110 Å². The molecule has 0 aliphatic carbocycles. The normalized spacial score (nSPS) is 27.9. The third kappa shape index (κ3) is 4.58. The molecule has 0 amide bonds. The van der Waals surface area contributed by atoms with Gasteiger partial charge in [-0.3, -0.25) is 9.69 Å². The van der Waals surface area contributed by atoms with E-state index < -0.39 is 5.97 Å². The van der Waals surface area contributed by atoms with Gasteiger partial charge in [-0.1, -0.05) is 12.8 Å². The fourth-order valence-electron chi connectivity index (χ4n) is 3.32. The maximum atomic E-state index is 10.8. The molecular weight excluding hydrogens is 228 g/mol. The summed E-state index contributed by atoms with van der Waals surface area (Å²) in [6.45, 7) is 5.82. The molecule has 0 aromatic heterocycles. The maximum Gasteiger partial charge on any atom is 0.317 e. The van der Waals surface area contributed by atoms with E-state index in [4.69, 9.17) is 5.11 Å². The number of hydrogen-bond acceptors (Lipinski definition) is 3. The Morgan fingerprint density at radius 1 is 1.00 bits per heavy atom. The smallest absolute Gasteiger partial charge is 0.317 e. The molecule has 0 aromatic rings. The van der Waals surface area contributed by atoms with Crippen LogP contribution in [-0.4, -0.2) is 60.1 Å². The van der Waals surface area contributed by atoms with Gasteiger partial charge >= 0.3 is 5.97 Å². The van der Waals surface area contributed by atoms with Gasteiger partial charge in [-0.2, -0.15) is 0 Å². The minimum Gasteiger partial charge on any atom is -0.480 e. The van der Waals surface area contributed by atoms with Gasteiger partial charge in [0.1, 0.15) is 0 Å². The Morgan fingerprint density at radius 3 is 2.33 bits per heavy atom. The zero-order chi connectivity index (χ0) is 12.8. The lowest BCUT2D eigenvalue weighted by Crippen LogP contribution is -2.43. The molecule has 0 aromatic carbocycles. The summed E-state index contributed by atoms with van der Waals surface area (Å²) in [7, 11) is 0. The molecule has 1 atom stereocenters. The minimum absolute atomic E-state index is 0.219. The van der Waals surface area contributed by atoms with Crippen LogP contribution in [0.4, 0.5) is 0 Å². The highest BCUT2D eigenvalue weighted by molar-refractivity contribution is 5.69. The fourth-order valence-corrected chi connectivity index (χ4v) is 3.32. The topological polar surface area (TPSA) is 43.8 Å². The van der Waals surface area contributed by atoms with Gasteiger partial charge in [0.25, 0.3) is 0 Å². The molecule has 0 saturated carbocycles. The van der Waals surface area contributed by atoms with E-state index in [1.54, 1.807) is 0 Å². The lowest BCUT2D eigenvalue weighted by molar-refractivity contribution is -0.138. The molecule has 2 rings (SSSR count). The first-order valence-corrected chi connectivity index (χ1v) is 7.40. The number of rotatable bonds is 4. The van der Waals surface area contributed by atoms with Crippen LogP contribution in [0.3, 0.4) is 0 Å². The van der Waals surface area contributed by atoms with Gasteiger partial charge in [0, 0.05) is 13.1 Å². The van der Waals surface area contributed by atoms with Crippen molar-refractivity contribution in [2.75, 3.05) is 39.3 Å². The summed E-state index contributed by atoms with van der Waals surface area (Å²) >= 11 is 0. The summed E-state index contributed by atoms with van der Waals surface area (Å²) < 4.78 is 0. The number of carboxylic acid groups (broad SMARTS) is 1. The molecule has 2 heterocycles. The van der Waals surface area contributed by atoms with Crippen LogP contribution in [0.5, 0.6) is 0 Å². The summed E-state index contributed by atoms with van der Waals surface area (Å²) in [6, 6.07) is 0. The van der Waals surface area contributed by atoms with Crippen molar-refractivity contribution in [2.24, 2.45) is 5.92 Å². The number of nitrogens with zero attached hydrogens (tertiary/aromatic N) is 2. The number of carbonyl (C=O) groups is 1. The van der Waals surface area contributed by atoms with Crippen molar-refractivity contribution < 1.29 is 9.90 Å². The Morgan fingerprint density at radius 2 is 1.67 bits per heavy atom. The molecule has 2 saturated heterocycles. The molecule has 2 aliphatic heterocycles. The van der Waals surface area contributed by atoms with Crippen LogP contribution >= 0.6 is 0 Å². The van der Waals surface area contributed by atoms with Gasteiger partial charge < -0.3 is 10.0 Å². The van der Waals surface area contributed by atoms with E-state index in [9.17, 15) is 4.79 Å². The van der Waals surface area contributed by atoms with Gasteiger partial charge in [0.15, 0.2) is 0 Å². The summed E-state index contributed by atoms with van der Waals surface area (Å²) in [5.41, 5.74) is 0. The number of hydrogen-bond donors (Lipinski definition) is 1. The van der Waals surface area contributed by atoms with Gasteiger partial charge in [-0.05, 0) is 51.2 Å². The van der Waals surface area contributed by atoms with Crippen molar-refractivity contribution in [3.05, 3.63) is 0 Å². The first kappa shape index (κ1) is 13.8. The number of carboxylic acids is 1. The highest BCUT2D eigenvalue weighted by Gasteiger charge is 2.23. The molecule has 0 bridgehead atoms. The second kappa shape index (κ2) is 7.10. The zero-order valence-electron chi connectivity index (χ0n) is 11.3. The summed E-state index contributed by atoms with van der Waals surface area (Å²) in [5, 5.41) is 8.86. The SMILES string of the molecule is O=C(O)CN1CCC[C@@H](CN2CCCCCC2)C1. The predicted molar refractivity (Wildman–Crippen MR) is 71.7 cm³/mol. The van der Waals surface area contributed by atoms with Gasteiger partial charge in [0.2, 0.25) is 0 Å². The van der Waals surface area contributed by atoms with Gasteiger partial charge in [0.05, 0.1) is 6.54 Å². The Bertz CT molecular complexity index is 263. The van der Waals surface area contributed by atoms with Crippen molar-refractivity contribution in [2.45, 2.75) is 38.5 Å². The Kier molecular flexibility index (Phi) is 5.45. The van der Waals surface area contributed by atoms with Gasteiger partial charge in [-0.15, -0.1) is 0 Å². The molecule has 2 fully saturated rings. The molecule has 0 spiro atoms. The molecular formula is C14H26N2O2. The Hall–Kier alpha value is -0.610. The standard InChI is InChI=1S/C14H26N2O2/c17-14(18)12-16-9-5-6-13(11-16)10-15-7-3-1-2-4-8-15/h13H,1-12H2,(H,17,18)/t13-/m0/s1. The van der Waals surface area contributed by atoms with E-state index >= 15 is 0 Å². The van der Waals surface area contributed by atoms with E-state index in [-0.39, 0.29) is 6.54 Å². The van der Waals surface area contributed by atoms with Crippen molar-refractivity contribution in [3.63, 3.8) is 0 Å². The average Bonchev–Trinajstić information content (AvgIpc) is 2.57. The molecule has 18 heavy (non-hydrogen) atoms. The fraction of sp³-hybridized carbons (Fsp3) is 0.929. The second-order valence-electron chi connectivity index (χ2n) is 5.85. The third-order valence-corrected chi connectivity index (χ3v) is 4.18. The summed E-state index contributed by atoms with van der Waals surface area (Å²) in [4.78, 5) is 15.5. The predicted octanol–water partition coefficient (Wildman–Crippen LogP) is 1.66. The molecule has 4 nitrogen and oxygen atoms in total. The van der Waals surface area contributed by atoms with E-state index in [2.05, 4.69) is 9.80 Å². The molecule has 0 unspecified atom stereocenters. The van der Waals surface area contributed by atoms with Crippen LogP contribution in [-0.2, 0) is 4.79 Å². The quantitative estimate of drug-likeness (QED) is 0.828. The van der Waals surface area contributed by atoms with Gasteiger partial charge in [-0.25, -0.2) is 0 Å². The van der Waals surface area contributed by atoms with Crippen LogP contribution < -0.4 is 0 Å². The molecule has 2 aliphatic rings. The minimum atomic E-state index is -0.689. The van der Waals surface area contributed by atoms with Crippen molar-refractivity contribution in [1.29, 1.82) is 0 Å². The second-order valence-corrected chi connectivity index (χ2v) is 5.85. The first-order chi connectivity index (χ1) is 8.74. The number of aliphatic carboxylic acids is 1. The van der Waals surface area contributed by atoms with Crippen molar-refractivity contribution in [1.82, 2.24) is 9.80 Å². The van der Waals surface area contributed by atoms with Crippen LogP contribution in [0.15, 0.2) is 0 Å². The monoisotopic (exact) mass is 254 g/mol. The molecule has 1 N–H and O–H groups in total. The van der Waals surface area contributed by atoms with E-state index in [0.29, 0.717) is 5.92 Å². The molecule has 104 valence electrons. The molecule has 4 heteroatoms. The summed E-state index contributed by atoms with van der Waals surface area (Å²) in [5.74, 6) is -0.0124. The number of piperidine rings is 1. The van der Waals surface area contributed by atoms with Crippen LogP contribution in [0.1, 0.15) is 38.5 Å². The van der Waals surface area contributed by atoms with E-state index in [0.717, 1.165) is 19.5 Å². The van der Waals surface area contributed by atoms with Crippen molar-refractivity contribution >= 4 is 5.97 Å². The lowest BCUT2D eigenvalue weighted by atomic mass is 9.97. The molecule has 0 radical (unpaired) electrons. The third-order valence-electron chi connectivity index (χ3n) is 4.18. The lowest BCUT2D eigenvalue weighted by Gasteiger charge is -2.34. The van der Waals surface area contributed by atoms with Crippen LogP contribution in [0.2, 0.25) is 0 Å². The van der Waals surface area contributed by atoms with E-state index in [1.165, 1.54) is 51.7 Å². The first-order valence-electron chi connectivity index (χ1n) is 7.40. The summed E-state index contributed by atoms with van der Waals surface area (Å²) in [6.07, 6.45) is 7.87. The number of likely N-dealkylation sites (tertiary alicyclic amines) is 2.